The monoisotopic (exact) mass is 465 g/mol. The van der Waals surface area contributed by atoms with Gasteiger partial charge in [0.2, 0.25) is 0 Å². The fraction of sp³-hybridized carbons (Fsp3) is 0.267. The number of ether oxygens (including phenoxy) is 1. The number of rotatable bonds is 8. The van der Waals surface area contributed by atoms with E-state index in [1.807, 2.05) is 67.6 Å². The Bertz CT molecular complexity index is 1290. The molecule has 1 fully saturated rings. The Morgan fingerprint density at radius 1 is 0.943 bits per heavy atom. The molecule has 0 bridgehead atoms. The molecule has 3 aromatic carbocycles. The lowest BCUT2D eigenvalue weighted by Crippen LogP contribution is -2.35. The van der Waals surface area contributed by atoms with Gasteiger partial charge in [-0.05, 0) is 68.1 Å². The molecule has 1 saturated carbocycles. The van der Waals surface area contributed by atoms with Crippen molar-refractivity contribution in [1.29, 1.82) is 0 Å². The topological polar surface area (TPSA) is 63.2 Å². The lowest BCUT2D eigenvalue weighted by Gasteiger charge is -2.16. The average Bonchev–Trinajstić information content (AvgIpc) is 3.35. The number of carbonyl (C=O) groups excluding carboxylic acids is 1. The summed E-state index contributed by atoms with van der Waals surface area (Å²) in [7, 11) is 0. The molecule has 1 amide bonds. The molecule has 0 aliphatic heterocycles. The van der Waals surface area contributed by atoms with Gasteiger partial charge in [-0.1, -0.05) is 48.5 Å². The number of nitrogens with zero attached hydrogens (tertiary/aromatic N) is 1. The van der Waals surface area contributed by atoms with E-state index in [9.17, 15) is 4.79 Å². The van der Waals surface area contributed by atoms with Crippen LogP contribution in [0.3, 0.4) is 0 Å². The van der Waals surface area contributed by atoms with Crippen LogP contribution in [0.1, 0.15) is 42.1 Å². The van der Waals surface area contributed by atoms with Gasteiger partial charge in [-0.25, -0.2) is 4.98 Å². The van der Waals surface area contributed by atoms with E-state index in [0.717, 1.165) is 53.7 Å². The third-order valence-corrected chi connectivity index (χ3v) is 6.63. The molecule has 5 nitrogen and oxygen atoms in total. The highest BCUT2D eigenvalue weighted by atomic mass is 16.5. The molecular formula is C30H31N3O2. The van der Waals surface area contributed by atoms with Gasteiger partial charge in [-0.15, -0.1) is 0 Å². The summed E-state index contributed by atoms with van der Waals surface area (Å²) in [6.07, 6.45) is 2.98. The van der Waals surface area contributed by atoms with Crippen molar-refractivity contribution in [2.24, 2.45) is 0 Å². The van der Waals surface area contributed by atoms with Crippen molar-refractivity contribution in [2.45, 2.75) is 44.8 Å². The molecule has 5 heteroatoms. The second-order valence-corrected chi connectivity index (χ2v) is 9.08. The minimum atomic E-state index is -0.0375. The number of amides is 1. The molecule has 5 rings (SSSR count). The molecule has 1 aliphatic carbocycles. The predicted octanol–water partition coefficient (Wildman–Crippen LogP) is 5.74. The zero-order chi connectivity index (χ0) is 24.0. The fourth-order valence-electron chi connectivity index (χ4n) is 4.82. The highest BCUT2D eigenvalue weighted by molar-refractivity contribution is 6.07. The molecule has 1 aromatic heterocycles. The molecule has 1 heterocycles. The normalized spacial score (nSPS) is 17.4. The van der Waals surface area contributed by atoms with Crippen LogP contribution < -0.4 is 15.4 Å². The summed E-state index contributed by atoms with van der Waals surface area (Å²) < 4.78 is 5.56. The molecule has 0 unspecified atom stereocenters. The van der Waals surface area contributed by atoms with Gasteiger partial charge in [-0.2, -0.15) is 0 Å². The molecule has 2 N–H and O–H groups in total. The van der Waals surface area contributed by atoms with E-state index in [2.05, 4.69) is 34.9 Å². The predicted molar refractivity (Wildman–Crippen MR) is 141 cm³/mol. The lowest BCUT2D eigenvalue weighted by molar-refractivity contribution is 0.0939. The van der Waals surface area contributed by atoms with Crippen molar-refractivity contribution in [3.05, 3.63) is 96.1 Å². The second kappa shape index (κ2) is 10.7. The molecule has 0 saturated heterocycles. The van der Waals surface area contributed by atoms with Crippen molar-refractivity contribution in [2.75, 3.05) is 6.61 Å². The van der Waals surface area contributed by atoms with Crippen LogP contribution in [-0.2, 0) is 6.54 Å². The number of benzene rings is 3. The van der Waals surface area contributed by atoms with Gasteiger partial charge in [0.1, 0.15) is 5.75 Å². The molecule has 178 valence electrons. The standard InChI is InChI=1S/C30H31N3O2/c1-2-35-25-16-12-22(13-17-25)29-19-27(26-10-6-7-11-28(26)33-29)30(34)32-24-15-14-23(18-24)31-20-21-8-4-3-5-9-21/h3-13,16-17,19,23-24,31H,2,14-15,18,20H2,1H3,(H,32,34)/t23-,24+/m1/s1. The van der Waals surface area contributed by atoms with Crippen molar-refractivity contribution in [3.8, 4) is 17.0 Å². The molecule has 4 aromatic rings. The first-order chi connectivity index (χ1) is 17.2. The molecular weight excluding hydrogens is 434 g/mol. The van der Waals surface area contributed by atoms with Crippen LogP contribution in [0.4, 0.5) is 0 Å². The molecule has 0 radical (unpaired) electrons. The summed E-state index contributed by atoms with van der Waals surface area (Å²) in [4.78, 5) is 18.3. The quantitative estimate of drug-likeness (QED) is 0.348. The van der Waals surface area contributed by atoms with Crippen LogP contribution in [-0.4, -0.2) is 29.6 Å². The van der Waals surface area contributed by atoms with E-state index in [4.69, 9.17) is 9.72 Å². The third kappa shape index (κ3) is 5.52. The molecule has 35 heavy (non-hydrogen) atoms. The van der Waals surface area contributed by atoms with E-state index >= 15 is 0 Å². The summed E-state index contributed by atoms with van der Waals surface area (Å²) in [6.45, 7) is 3.45. The van der Waals surface area contributed by atoms with Crippen molar-refractivity contribution in [1.82, 2.24) is 15.6 Å². The van der Waals surface area contributed by atoms with Crippen molar-refractivity contribution >= 4 is 16.8 Å². The van der Waals surface area contributed by atoms with Crippen LogP contribution >= 0.6 is 0 Å². The molecule has 2 atom stereocenters. The summed E-state index contributed by atoms with van der Waals surface area (Å²) in [6, 6.07) is 28.6. The smallest absolute Gasteiger partial charge is 0.252 e. The maximum atomic E-state index is 13.4. The van der Waals surface area contributed by atoms with Crippen LogP contribution in [0, 0.1) is 0 Å². The van der Waals surface area contributed by atoms with E-state index in [0.29, 0.717) is 18.2 Å². The van der Waals surface area contributed by atoms with E-state index in [1.165, 1.54) is 5.56 Å². The molecule has 1 aliphatic rings. The van der Waals surface area contributed by atoms with Crippen LogP contribution in [0.25, 0.3) is 22.2 Å². The number of hydrogen-bond acceptors (Lipinski definition) is 4. The SMILES string of the molecule is CCOc1ccc(-c2cc(C(=O)N[C@H]3CC[C@@H](NCc4ccccc4)C3)c3ccccc3n2)cc1. The van der Waals surface area contributed by atoms with E-state index < -0.39 is 0 Å². The van der Waals surface area contributed by atoms with Gasteiger partial charge in [0.25, 0.3) is 5.91 Å². The van der Waals surface area contributed by atoms with E-state index in [1.54, 1.807) is 0 Å². The Labute approximate surface area is 206 Å². The summed E-state index contributed by atoms with van der Waals surface area (Å²) in [5, 5.41) is 7.81. The Hall–Kier alpha value is -3.70. The minimum absolute atomic E-state index is 0.0375. The summed E-state index contributed by atoms with van der Waals surface area (Å²) in [5.74, 6) is 0.788. The summed E-state index contributed by atoms with van der Waals surface area (Å²) >= 11 is 0. The Balaban J connectivity index is 1.31. The first-order valence-corrected chi connectivity index (χ1v) is 12.4. The van der Waals surface area contributed by atoms with Crippen molar-refractivity contribution in [3.63, 3.8) is 0 Å². The number of carbonyl (C=O) groups is 1. The summed E-state index contributed by atoms with van der Waals surface area (Å²) in [5.41, 5.74) is 4.51. The molecule has 0 spiro atoms. The highest BCUT2D eigenvalue weighted by Crippen LogP contribution is 2.27. The van der Waals surface area contributed by atoms with Gasteiger partial charge in [0, 0.05) is 29.6 Å². The van der Waals surface area contributed by atoms with Crippen LogP contribution in [0.15, 0.2) is 84.9 Å². The zero-order valence-corrected chi connectivity index (χ0v) is 20.0. The van der Waals surface area contributed by atoms with E-state index in [-0.39, 0.29) is 11.9 Å². The van der Waals surface area contributed by atoms with Crippen LogP contribution in [0.2, 0.25) is 0 Å². The Morgan fingerprint density at radius 3 is 2.49 bits per heavy atom. The fourth-order valence-corrected chi connectivity index (χ4v) is 4.82. The van der Waals surface area contributed by atoms with Gasteiger partial charge in [-0.3, -0.25) is 4.79 Å². The van der Waals surface area contributed by atoms with Crippen LogP contribution in [0.5, 0.6) is 5.75 Å². The van der Waals surface area contributed by atoms with Gasteiger partial charge >= 0.3 is 0 Å². The number of aromatic nitrogens is 1. The minimum Gasteiger partial charge on any atom is -0.494 e. The van der Waals surface area contributed by atoms with Gasteiger partial charge < -0.3 is 15.4 Å². The van der Waals surface area contributed by atoms with Gasteiger partial charge in [0.15, 0.2) is 0 Å². The first kappa shape index (κ1) is 23.1. The maximum Gasteiger partial charge on any atom is 0.252 e. The Kier molecular flexibility index (Phi) is 7.05. The largest absolute Gasteiger partial charge is 0.494 e. The Morgan fingerprint density at radius 2 is 1.69 bits per heavy atom. The van der Waals surface area contributed by atoms with Crippen molar-refractivity contribution < 1.29 is 9.53 Å². The third-order valence-electron chi connectivity index (χ3n) is 6.63. The first-order valence-electron chi connectivity index (χ1n) is 12.4. The second-order valence-electron chi connectivity index (χ2n) is 9.08. The number of para-hydroxylation sites is 1. The maximum absolute atomic E-state index is 13.4. The number of fused-ring (bicyclic) bond motifs is 1. The average molecular weight is 466 g/mol. The van der Waals surface area contributed by atoms with Gasteiger partial charge in [0.05, 0.1) is 23.4 Å². The number of nitrogens with one attached hydrogen (secondary N) is 2. The lowest BCUT2D eigenvalue weighted by atomic mass is 10.0. The number of hydrogen-bond donors (Lipinski definition) is 2. The zero-order valence-electron chi connectivity index (χ0n) is 20.0. The highest BCUT2D eigenvalue weighted by Gasteiger charge is 2.26. The number of pyridine rings is 1.